The maximum atomic E-state index is 12.7. The summed E-state index contributed by atoms with van der Waals surface area (Å²) in [6, 6.07) is 18.9. The molecule has 0 fully saturated rings. The lowest BCUT2D eigenvalue weighted by Crippen LogP contribution is -2.28. The van der Waals surface area contributed by atoms with E-state index in [4.69, 9.17) is 13.9 Å². The number of fused-ring (bicyclic) bond motifs is 1. The van der Waals surface area contributed by atoms with Gasteiger partial charge < -0.3 is 19.2 Å². The largest absolute Gasteiger partial charge is 0.486 e. The minimum atomic E-state index is -0.181. The van der Waals surface area contributed by atoms with Crippen LogP contribution in [0.1, 0.15) is 18.5 Å². The third-order valence-electron chi connectivity index (χ3n) is 5.17. The van der Waals surface area contributed by atoms with Gasteiger partial charge in [-0.05, 0) is 48.9 Å². The monoisotopic (exact) mass is 462 g/mol. The first kappa shape index (κ1) is 21.1. The standard InChI is InChI=1S/C24H22N4O4S/c1-16(17-9-10-19-21(14-17)32-13-12-31-19)25-22(29)15-33-24-27-26-23(20-8-5-11-30-20)28(24)18-6-3-2-4-7-18/h2-11,14,16H,12-13,15H2,1H3,(H,25,29). The molecule has 4 aromatic rings. The number of thioether (sulfide) groups is 1. The molecule has 1 unspecified atom stereocenters. The number of benzene rings is 2. The summed E-state index contributed by atoms with van der Waals surface area (Å²) in [4.78, 5) is 12.7. The molecule has 168 valence electrons. The molecule has 1 N–H and O–H groups in total. The Balaban J connectivity index is 1.29. The van der Waals surface area contributed by atoms with Crippen LogP contribution in [0.15, 0.2) is 76.5 Å². The van der Waals surface area contributed by atoms with Gasteiger partial charge in [-0.25, -0.2) is 0 Å². The van der Waals surface area contributed by atoms with E-state index in [9.17, 15) is 4.79 Å². The number of amides is 1. The molecule has 0 aliphatic carbocycles. The second kappa shape index (κ2) is 9.41. The van der Waals surface area contributed by atoms with Crippen LogP contribution in [-0.4, -0.2) is 39.6 Å². The predicted octanol–water partition coefficient (Wildman–Crippen LogP) is 4.27. The first-order valence-corrected chi connectivity index (χ1v) is 11.5. The van der Waals surface area contributed by atoms with Gasteiger partial charge in [0.05, 0.1) is 18.1 Å². The van der Waals surface area contributed by atoms with Crippen LogP contribution in [0, 0.1) is 0 Å². The number of nitrogens with one attached hydrogen (secondary N) is 1. The van der Waals surface area contributed by atoms with Gasteiger partial charge in [0.25, 0.3) is 0 Å². The number of ether oxygens (including phenoxy) is 2. The normalized spacial score (nSPS) is 13.5. The van der Waals surface area contributed by atoms with Gasteiger partial charge in [0.1, 0.15) is 13.2 Å². The van der Waals surface area contributed by atoms with E-state index >= 15 is 0 Å². The van der Waals surface area contributed by atoms with E-state index in [1.165, 1.54) is 11.8 Å². The number of rotatable bonds is 7. The van der Waals surface area contributed by atoms with Crippen molar-refractivity contribution < 1.29 is 18.7 Å². The zero-order chi connectivity index (χ0) is 22.6. The molecular formula is C24H22N4O4S. The highest BCUT2D eigenvalue weighted by molar-refractivity contribution is 7.99. The predicted molar refractivity (Wildman–Crippen MR) is 124 cm³/mol. The number of aromatic nitrogens is 3. The Morgan fingerprint density at radius 1 is 1.06 bits per heavy atom. The van der Waals surface area contributed by atoms with Crippen LogP contribution in [0.5, 0.6) is 11.5 Å². The number of nitrogens with zero attached hydrogens (tertiary/aromatic N) is 3. The molecule has 9 heteroatoms. The highest BCUT2D eigenvalue weighted by Gasteiger charge is 2.20. The molecular weight excluding hydrogens is 440 g/mol. The maximum Gasteiger partial charge on any atom is 0.230 e. The molecule has 0 spiro atoms. The number of carbonyl (C=O) groups is 1. The number of hydrogen-bond donors (Lipinski definition) is 1. The Labute approximate surface area is 194 Å². The molecule has 2 aromatic carbocycles. The summed E-state index contributed by atoms with van der Waals surface area (Å²) in [7, 11) is 0. The summed E-state index contributed by atoms with van der Waals surface area (Å²) >= 11 is 1.32. The highest BCUT2D eigenvalue weighted by atomic mass is 32.2. The van der Waals surface area contributed by atoms with Crippen LogP contribution in [0.3, 0.4) is 0 Å². The van der Waals surface area contributed by atoms with Gasteiger partial charge in [-0.3, -0.25) is 9.36 Å². The lowest BCUT2D eigenvalue weighted by atomic mass is 10.1. The molecule has 1 aliphatic rings. The van der Waals surface area contributed by atoms with Crippen molar-refractivity contribution in [3.05, 3.63) is 72.5 Å². The van der Waals surface area contributed by atoms with Crippen LogP contribution in [-0.2, 0) is 4.79 Å². The second-order valence-electron chi connectivity index (χ2n) is 7.44. The number of para-hydroxylation sites is 1. The van der Waals surface area contributed by atoms with E-state index in [0.717, 1.165) is 17.0 Å². The lowest BCUT2D eigenvalue weighted by molar-refractivity contribution is -0.119. The topological polar surface area (TPSA) is 91.4 Å². The first-order chi connectivity index (χ1) is 16.2. The van der Waals surface area contributed by atoms with Gasteiger partial charge in [0.2, 0.25) is 11.7 Å². The van der Waals surface area contributed by atoms with Crippen molar-refractivity contribution >= 4 is 17.7 Å². The average molecular weight is 463 g/mol. The van der Waals surface area contributed by atoms with Crippen molar-refractivity contribution in [1.82, 2.24) is 20.1 Å². The van der Waals surface area contributed by atoms with Crippen LogP contribution in [0.2, 0.25) is 0 Å². The SMILES string of the molecule is CC(NC(=O)CSc1nnc(-c2ccco2)n1-c1ccccc1)c1ccc2c(c1)OCCO2. The zero-order valence-corrected chi connectivity index (χ0v) is 18.7. The molecule has 0 bridgehead atoms. The fourth-order valence-electron chi connectivity index (χ4n) is 3.56. The summed E-state index contributed by atoms with van der Waals surface area (Å²) < 4.78 is 18.6. The Hall–Kier alpha value is -3.72. The summed E-state index contributed by atoms with van der Waals surface area (Å²) in [6.45, 7) is 3.01. The lowest BCUT2D eigenvalue weighted by Gasteiger charge is -2.21. The number of carbonyl (C=O) groups excluding carboxylic acids is 1. The summed E-state index contributed by atoms with van der Waals surface area (Å²) in [6.07, 6.45) is 1.60. The average Bonchev–Trinajstić information content (AvgIpc) is 3.53. The highest BCUT2D eigenvalue weighted by Crippen LogP contribution is 2.33. The number of hydrogen-bond acceptors (Lipinski definition) is 7. The minimum absolute atomic E-state index is 0.107. The van der Waals surface area contributed by atoms with Crippen molar-refractivity contribution in [2.45, 2.75) is 18.1 Å². The fraction of sp³-hybridized carbons (Fsp3) is 0.208. The number of furan rings is 1. The Kier molecular flexibility index (Phi) is 6.03. The fourth-order valence-corrected chi connectivity index (χ4v) is 4.33. The molecule has 1 aliphatic heterocycles. The van der Waals surface area contributed by atoms with Gasteiger partial charge in [0, 0.05) is 5.69 Å². The second-order valence-corrected chi connectivity index (χ2v) is 8.38. The molecule has 0 radical (unpaired) electrons. The molecule has 1 amide bonds. The summed E-state index contributed by atoms with van der Waals surface area (Å²) in [5.41, 5.74) is 1.84. The van der Waals surface area contributed by atoms with Gasteiger partial charge in [-0.2, -0.15) is 0 Å². The Bertz CT molecular complexity index is 1240. The summed E-state index contributed by atoms with van der Waals surface area (Å²) in [5.74, 6) is 2.71. The third kappa shape index (κ3) is 4.58. The molecule has 0 saturated carbocycles. The molecule has 8 nitrogen and oxygen atoms in total. The quantitative estimate of drug-likeness (QED) is 0.410. The van der Waals surface area contributed by atoms with Crippen LogP contribution < -0.4 is 14.8 Å². The van der Waals surface area contributed by atoms with E-state index in [2.05, 4.69) is 15.5 Å². The minimum Gasteiger partial charge on any atom is -0.486 e. The molecule has 1 atom stereocenters. The van der Waals surface area contributed by atoms with Crippen molar-refractivity contribution in [2.75, 3.05) is 19.0 Å². The molecule has 5 rings (SSSR count). The van der Waals surface area contributed by atoms with E-state index in [-0.39, 0.29) is 17.7 Å². The van der Waals surface area contributed by atoms with Crippen molar-refractivity contribution in [1.29, 1.82) is 0 Å². The van der Waals surface area contributed by atoms with Crippen LogP contribution in [0.4, 0.5) is 0 Å². The Morgan fingerprint density at radius 2 is 1.88 bits per heavy atom. The summed E-state index contributed by atoms with van der Waals surface area (Å²) in [5, 5.41) is 12.3. The van der Waals surface area contributed by atoms with Gasteiger partial charge >= 0.3 is 0 Å². The van der Waals surface area contributed by atoms with Gasteiger partial charge in [-0.1, -0.05) is 36.0 Å². The molecule has 0 saturated heterocycles. The maximum absolute atomic E-state index is 12.7. The molecule has 3 heterocycles. The van der Waals surface area contributed by atoms with Gasteiger partial charge in [0.15, 0.2) is 22.4 Å². The van der Waals surface area contributed by atoms with E-state index < -0.39 is 0 Å². The van der Waals surface area contributed by atoms with Crippen molar-refractivity contribution in [3.8, 4) is 28.8 Å². The Morgan fingerprint density at radius 3 is 2.67 bits per heavy atom. The van der Waals surface area contributed by atoms with Crippen LogP contribution in [0.25, 0.3) is 17.3 Å². The van der Waals surface area contributed by atoms with Crippen LogP contribution >= 0.6 is 11.8 Å². The van der Waals surface area contributed by atoms with Crippen molar-refractivity contribution in [2.24, 2.45) is 0 Å². The third-order valence-corrected chi connectivity index (χ3v) is 6.09. The first-order valence-electron chi connectivity index (χ1n) is 10.6. The van der Waals surface area contributed by atoms with Crippen molar-refractivity contribution in [3.63, 3.8) is 0 Å². The van der Waals surface area contributed by atoms with Gasteiger partial charge in [-0.15, -0.1) is 10.2 Å². The van der Waals surface area contributed by atoms with E-state index in [1.54, 1.807) is 12.3 Å². The van der Waals surface area contributed by atoms with E-state index in [1.807, 2.05) is 66.1 Å². The smallest absolute Gasteiger partial charge is 0.230 e. The molecule has 2 aromatic heterocycles. The van der Waals surface area contributed by atoms with E-state index in [0.29, 0.717) is 35.7 Å². The molecule has 33 heavy (non-hydrogen) atoms. The zero-order valence-electron chi connectivity index (χ0n) is 17.9.